The number of carbonyl (C=O) groups excluding carboxylic acids is 1. The Morgan fingerprint density at radius 2 is 2.14 bits per heavy atom. The fraction of sp³-hybridized carbons (Fsp3) is 0.438. The maximum atomic E-state index is 12.4. The molecular formula is C16H21N3O2. The zero-order valence-corrected chi connectivity index (χ0v) is 12.9. The highest BCUT2D eigenvalue weighted by molar-refractivity contribution is 5.92. The Labute approximate surface area is 124 Å². The van der Waals surface area contributed by atoms with E-state index in [1.54, 1.807) is 13.1 Å². The number of oxazole rings is 1. The Morgan fingerprint density at radius 3 is 2.71 bits per heavy atom. The van der Waals surface area contributed by atoms with E-state index in [0.717, 1.165) is 17.7 Å². The predicted octanol–water partition coefficient (Wildman–Crippen LogP) is 3.13. The first-order chi connectivity index (χ1) is 10.1. The van der Waals surface area contributed by atoms with Crippen molar-refractivity contribution in [2.75, 3.05) is 0 Å². The van der Waals surface area contributed by atoms with Crippen molar-refractivity contribution in [3.05, 3.63) is 46.9 Å². The van der Waals surface area contributed by atoms with Gasteiger partial charge in [-0.3, -0.25) is 9.78 Å². The molecule has 5 heteroatoms. The lowest BCUT2D eigenvalue weighted by atomic mass is 10.1. The number of nitrogens with zero attached hydrogens (tertiary/aromatic N) is 2. The van der Waals surface area contributed by atoms with Crippen molar-refractivity contribution >= 4 is 5.91 Å². The number of aromatic nitrogens is 2. The molecule has 0 aliphatic heterocycles. The Balaban J connectivity index is 2.20. The highest BCUT2D eigenvalue weighted by Gasteiger charge is 2.21. The highest BCUT2D eigenvalue weighted by Crippen LogP contribution is 2.19. The number of nitrogens with one attached hydrogen (secondary N) is 1. The second kappa shape index (κ2) is 6.52. The number of carbonyl (C=O) groups is 1. The van der Waals surface area contributed by atoms with Crippen molar-refractivity contribution < 1.29 is 9.21 Å². The van der Waals surface area contributed by atoms with Gasteiger partial charge in [-0.15, -0.1) is 0 Å². The second-order valence-corrected chi connectivity index (χ2v) is 5.02. The summed E-state index contributed by atoms with van der Waals surface area (Å²) in [5, 5.41) is 2.98. The second-order valence-electron chi connectivity index (χ2n) is 5.02. The van der Waals surface area contributed by atoms with E-state index in [9.17, 15) is 4.79 Å². The average molecular weight is 287 g/mol. The summed E-state index contributed by atoms with van der Waals surface area (Å²) in [6.45, 7) is 7.74. The molecule has 0 spiro atoms. The molecule has 0 saturated heterocycles. The van der Waals surface area contributed by atoms with Gasteiger partial charge in [-0.25, -0.2) is 4.98 Å². The minimum atomic E-state index is -0.239. The predicted molar refractivity (Wildman–Crippen MR) is 80.1 cm³/mol. The Morgan fingerprint density at radius 1 is 1.38 bits per heavy atom. The molecule has 5 nitrogen and oxygen atoms in total. The third-order valence-electron chi connectivity index (χ3n) is 3.44. The number of hydrogen-bond donors (Lipinski definition) is 1. The van der Waals surface area contributed by atoms with E-state index in [2.05, 4.69) is 15.3 Å². The van der Waals surface area contributed by atoms with Crippen molar-refractivity contribution in [1.82, 2.24) is 15.3 Å². The van der Waals surface area contributed by atoms with Gasteiger partial charge in [0, 0.05) is 12.6 Å². The summed E-state index contributed by atoms with van der Waals surface area (Å²) in [4.78, 5) is 21.0. The summed E-state index contributed by atoms with van der Waals surface area (Å²) in [5.41, 5.74) is 2.58. The average Bonchev–Trinajstić information content (AvgIpc) is 2.86. The quantitative estimate of drug-likeness (QED) is 0.917. The molecule has 1 N–H and O–H groups in total. The Hall–Kier alpha value is -2.17. The normalized spacial score (nSPS) is 12.2. The van der Waals surface area contributed by atoms with Crippen LogP contribution < -0.4 is 5.32 Å². The molecule has 2 heterocycles. The molecule has 2 aromatic rings. The number of hydrogen-bond acceptors (Lipinski definition) is 4. The van der Waals surface area contributed by atoms with Gasteiger partial charge in [0.25, 0.3) is 5.91 Å². The third-order valence-corrected chi connectivity index (χ3v) is 3.44. The van der Waals surface area contributed by atoms with Crippen molar-refractivity contribution in [1.29, 1.82) is 0 Å². The molecule has 0 unspecified atom stereocenters. The van der Waals surface area contributed by atoms with Gasteiger partial charge in [-0.1, -0.05) is 19.9 Å². The van der Waals surface area contributed by atoms with Crippen LogP contribution in [-0.2, 0) is 6.42 Å². The maximum Gasteiger partial charge on any atom is 0.289 e. The van der Waals surface area contributed by atoms with Crippen molar-refractivity contribution in [2.24, 2.45) is 0 Å². The first kappa shape index (κ1) is 15.2. The van der Waals surface area contributed by atoms with Crippen LogP contribution in [0.2, 0.25) is 0 Å². The zero-order valence-electron chi connectivity index (χ0n) is 12.9. The molecule has 2 rings (SSSR count). The van der Waals surface area contributed by atoms with Crippen LogP contribution in [0.3, 0.4) is 0 Å². The van der Waals surface area contributed by atoms with E-state index in [1.807, 2.05) is 32.9 Å². The van der Waals surface area contributed by atoms with Gasteiger partial charge in [0.15, 0.2) is 5.89 Å². The van der Waals surface area contributed by atoms with E-state index < -0.39 is 0 Å². The summed E-state index contributed by atoms with van der Waals surface area (Å²) in [5.74, 6) is 0.634. The van der Waals surface area contributed by atoms with Crippen LogP contribution in [0.15, 0.2) is 22.7 Å². The lowest BCUT2D eigenvalue weighted by Crippen LogP contribution is -2.29. The van der Waals surface area contributed by atoms with E-state index in [4.69, 9.17) is 4.42 Å². The largest absolute Gasteiger partial charge is 0.435 e. The fourth-order valence-electron chi connectivity index (χ4n) is 2.26. The molecule has 2 aromatic heterocycles. The van der Waals surface area contributed by atoms with Crippen LogP contribution in [0, 0.1) is 13.8 Å². The van der Waals surface area contributed by atoms with Crippen molar-refractivity contribution in [3.63, 3.8) is 0 Å². The van der Waals surface area contributed by atoms with Crippen LogP contribution in [0.4, 0.5) is 0 Å². The SMILES string of the molecule is CCc1nc(C)c(C(=O)N[C@@H](CC)c2ncccc2C)o1. The first-order valence-electron chi connectivity index (χ1n) is 7.25. The van der Waals surface area contributed by atoms with E-state index in [1.165, 1.54) is 0 Å². The van der Waals surface area contributed by atoms with E-state index in [-0.39, 0.29) is 11.9 Å². The lowest BCUT2D eigenvalue weighted by Gasteiger charge is -2.17. The molecule has 0 fully saturated rings. The number of aryl methyl sites for hydroxylation is 3. The van der Waals surface area contributed by atoms with Crippen LogP contribution in [0.1, 0.15) is 59.7 Å². The van der Waals surface area contributed by atoms with Crippen LogP contribution >= 0.6 is 0 Å². The van der Waals surface area contributed by atoms with Crippen LogP contribution in [0.5, 0.6) is 0 Å². The minimum Gasteiger partial charge on any atom is -0.435 e. The van der Waals surface area contributed by atoms with Gasteiger partial charge < -0.3 is 9.73 Å². The zero-order chi connectivity index (χ0) is 15.4. The van der Waals surface area contributed by atoms with Crippen molar-refractivity contribution in [3.8, 4) is 0 Å². The number of rotatable bonds is 5. The molecule has 1 amide bonds. The van der Waals surface area contributed by atoms with Crippen molar-refractivity contribution in [2.45, 2.75) is 46.6 Å². The van der Waals surface area contributed by atoms with E-state index >= 15 is 0 Å². The summed E-state index contributed by atoms with van der Waals surface area (Å²) in [6.07, 6.45) is 3.17. The molecule has 112 valence electrons. The molecule has 0 aliphatic rings. The smallest absolute Gasteiger partial charge is 0.289 e. The fourth-order valence-corrected chi connectivity index (χ4v) is 2.26. The van der Waals surface area contributed by atoms with Gasteiger partial charge in [-0.2, -0.15) is 0 Å². The summed E-state index contributed by atoms with van der Waals surface area (Å²) >= 11 is 0. The highest BCUT2D eigenvalue weighted by atomic mass is 16.4. The summed E-state index contributed by atoms with van der Waals surface area (Å²) in [7, 11) is 0. The van der Waals surface area contributed by atoms with Gasteiger partial charge >= 0.3 is 0 Å². The van der Waals surface area contributed by atoms with Crippen LogP contribution in [0.25, 0.3) is 0 Å². The third kappa shape index (κ3) is 3.29. The number of pyridine rings is 1. The molecule has 0 saturated carbocycles. The molecule has 0 aliphatic carbocycles. The molecular weight excluding hydrogens is 266 g/mol. The standard InChI is InChI=1S/C16H21N3O2/c1-5-12(14-10(3)8-7-9-17-14)19-16(20)15-11(4)18-13(6-2)21-15/h7-9,12H,5-6H2,1-4H3,(H,19,20)/t12-/m0/s1. The van der Waals surface area contributed by atoms with Gasteiger partial charge in [0.2, 0.25) is 5.76 Å². The van der Waals surface area contributed by atoms with Gasteiger partial charge in [0.05, 0.1) is 17.4 Å². The molecule has 1 atom stereocenters. The molecule has 0 bridgehead atoms. The minimum absolute atomic E-state index is 0.131. The Bertz CT molecular complexity index is 634. The van der Waals surface area contributed by atoms with E-state index in [0.29, 0.717) is 23.8 Å². The molecule has 0 aromatic carbocycles. The monoisotopic (exact) mass is 287 g/mol. The molecule has 21 heavy (non-hydrogen) atoms. The topological polar surface area (TPSA) is 68.0 Å². The molecule has 0 radical (unpaired) electrons. The maximum absolute atomic E-state index is 12.4. The lowest BCUT2D eigenvalue weighted by molar-refractivity contribution is 0.0904. The van der Waals surface area contributed by atoms with Crippen LogP contribution in [-0.4, -0.2) is 15.9 Å². The Kier molecular flexibility index (Phi) is 4.73. The summed E-state index contributed by atoms with van der Waals surface area (Å²) < 4.78 is 5.49. The first-order valence-corrected chi connectivity index (χ1v) is 7.25. The van der Waals surface area contributed by atoms with Gasteiger partial charge in [0.1, 0.15) is 0 Å². The summed E-state index contributed by atoms with van der Waals surface area (Å²) in [6, 6.07) is 3.75. The number of amides is 1. The van der Waals surface area contributed by atoms with Gasteiger partial charge in [-0.05, 0) is 31.9 Å².